The van der Waals surface area contributed by atoms with Gasteiger partial charge >= 0.3 is 5.97 Å². The van der Waals surface area contributed by atoms with Gasteiger partial charge in [0, 0.05) is 0 Å². The van der Waals surface area contributed by atoms with Crippen LogP contribution in [0.1, 0.15) is 27.0 Å². The molecular formula is C19H18O3. The minimum Gasteiger partial charge on any atom is -0.435 e. The van der Waals surface area contributed by atoms with E-state index in [1.54, 1.807) is 18.2 Å². The quantitative estimate of drug-likeness (QED) is 0.624. The molecule has 3 rings (SSSR count). The molecule has 112 valence electrons. The van der Waals surface area contributed by atoms with E-state index in [4.69, 9.17) is 9.47 Å². The third kappa shape index (κ3) is 3.26. The number of benzene rings is 2. The van der Waals surface area contributed by atoms with Gasteiger partial charge in [-0.25, -0.2) is 4.79 Å². The van der Waals surface area contributed by atoms with Crippen molar-refractivity contribution in [2.45, 2.75) is 18.9 Å². The third-order valence-corrected chi connectivity index (χ3v) is 3.89. The van der Waals surface area contributed by atoms with Crippen LogP contribution in [0.3, 0.4) is 0 Å². The Morgan fingerprint density at radius 2 is 1.73 bits per heavy atom. The second-order valence-electron chi connectivity index (χ2n) is 5.34. The molecule has 0 heterocycles. The zero-order valence-electron chi connectivity index (χ0n) is 12.3. The van der Waals surface area contributed by atoms with E-state index < -0.39 is 0 Å². The average molecular weight is 294 g/mol. The van der Waals surface area contributed by atoms with Crippen LogP contribution in [0, 0.1) is 0 Å². The Morgan fingerprint density at radius 1 is 1.09 bits per heavy atom. The highest BCUT2D eigenvalue weighted by Crippen LogP contribution is 2.23. The number of carbonyl (C=O) groups is 1. The van der Waals surface area contributed by atoms with Gasteiger partial charge in [-0.1, -0.05) is 49.1 Å². The van der Waals surface area contributed by atoms with Crippen molar-refractivity contribution in [1.29, 1.82) is 0 Å². The molecule has 0 aromatic heterocycles. The summed E-state index contributed by atoms with van der Waals surface area (Å²) in [5, 5.41) is 0. The summed E-state index contributed by atoms with van der Waals surface area (Å²) in [6.45, 7) is 3.67. The van der Waals surface area contributed by atoms with Crippen LogP contribution in [0.25, 0.3) is 6.08 Å². The number of hydrogen-bond acceptors (Lipinski definition) is 3. The Balaban J connectivity index is 1.47. The number of ether oxygens (including phenoxy) is 2. The molecule has 0 unspecified atom stereocenters. The fourth-order valence-corrected chi connectivity index (χ4v) is 2.66. The van der Waals surface area contributed by atoms with Gasteiger partial charge in [0.25, 0.3) is 0 Å². The maximum atomic E-state index is 11.9. The van der Waals surface area contributed by atoms with Crippen molar-refractivity contribution >= 4 is 12.0 Å². The van der Waals surface area contributed by atoms with Crippen LogP contribution in [0.15, 0.2) is 55.1 Å². The van der Waals surface area contributed by atoms with Gasteiger partial charge in [0.15, 0.2) is 6.79 Å². The molecule has 0 fully saturated rings. The molecule has 0 amide bonds. The van der Waals surface area contributed by atoms with Crippen LogP contribution < -0.4 is 0 Å². The Labute approximate surface area is 130 Å². The minimum atomic E-state index is -0.369. The zero-order chi connectivity index (χ0) is 15.4. The second-order valence-corrected chi connectivity index (χ2v) is 5.34. The molecule has 0 saturated heterocycles. The number of rotatable bonds is 5. The fraction of sp³-hybridized carbons (Fsp3) is 0.211. The molecule has 22 heavy (non-hydrogen) atoms. The zero-order valence-corrected chi connectivity index (χ0v) is 12.3. The van der Waals surface area contributed by atoms with E-state index in [-0.39, 0.29) is 18.9 Å². The molecule has 0 saturated carbocycles. The number of esters is 1. The van der Waals surface area contributed by atoms with Gasteiger partial charge in [-0.15, -0.1) is 0 Å². The molecular weight excluding hydrogens is 276 g/mol. The summed E-state index contributed by atoms with van der Waals surface area (Å²) in [5.41, 5.74) is 4.12. The molecule has 0 bridgehead atoms. The Kier molecular flexibility index (Phi) is 4.35. The molecule has 2 aromatic rings. The topological polar surface area (TPSA) is 35.5 Å². The molecule has 1 aliphatic carbocycles. The van der Waals surface area contributed by atoms with Crippen LogP contribution in [0.5, 0.6) is 0 Å². The van der Waals surface area contributed by atoms with E-state index in [9.17, 15) is 4.79 Å². The molecule has 0 spiro atoms. The summed E-state index contributed by atoms with van der Waals surface area (Å²) in [6.07, 6.45) is 3.58. The van der Waals surface area contributed by atoms with E-state index >= 15 is 0 Å². The summed E-state index contributed by atoms with van der Waals surface area (Å²) in [7, 11) is 0. The first kappa shape index (κ1) is 14.5. The molecule has 0 radical (unpaired) electrons. The predicted octanol–water partition coefficient (Wildman–Crippen LogP) is 3.63. The summed E-state index contributed by atoms with van der Waals surface area (Å²) in [5.74, 6) is -0.369. The largest absolute Gasteiger partial charge is 0.435 e. The van der Waals surface area contributed by atoms with Gasteiger partial charge in [0.1, 0.15) is 0 Å². The van der Waals surface area contributed by atoms with Crippen molar-refractivity contribution in [2.75, 3.05) is 6.79 Å². The van der Waals surface area contributed by atoms with Crippen LogP contribution in [-0.4, -0.2) is 18.9 Å². The van der Waals surface area contributed by atoms with Crippen molar-refractivity contribution in [3.8, 4) is 0 Å². The Hall–Kier alpha value is -2.39. The molecule has 3 nitrogen and oxygen atoms in total. The lowest BCUT2D eigenvalue weighted by atomic mass is 10.1. The van der Waals surface area contributed by atoms with E-state index in [1.165, 1.54) is 11.1 Å². The summed E-state index contributed by atoms with van der Waals surface area (Å²) >= 11 is 0. The summed E-state index contributed by atoms with van der Waals surface area (Å²) in [4.78, 5) is 11.9. The van der Waals surface area contributed by atoms with Crippen LogP contribution in [-0.2, 0) is 22.3 Å². The molecule has 1 aliphatic rings. The normalized spacial score (nSPS) is 13.6. The number of carbonyl (C=O) groups excluding carboxylic acids is 1. The van der Waals surface area contributed by atoms with E-state index in [0.717, 1.165) is 18.4 Å². The average Bonchev–Trinajstić information content (AvgIpc) is 2.97. The number of fused-ring (bicyclic) bond motifs is 1. The van der Waals surface area contributed by atoms with Gasteiger partial charge in [-0.2, -0.15) is 0 Å². The first-order valence-corrected chi connectivity index (χ1v) is 7.34. The van der Waals surface area contributed by atoms with Gasteiger partial charge in [0.2, 0.25) is 0 Å². The van der Waals surface area contributed by atoms with Crippen molar-refractivity contribution in [3.63, 3.8) is 0 Å². The molecule has 0 aliphatic heterocycles. The van der Waals surface area contributed by atoms with Crippen LogP contribution in [0.4, 0.5) is 0 Å². The lowest BCUT2D eigenvalue weighted by molar-refractivity contribution is -0.0618. The fourth-order valence-electron chi connectivity index (χ4n) is 2.66. The summed E-state index contributed by atoms with van der Waals surface area (Å²) < 4.78 is 10.8. The lowest BCUT2D eigenvalue weighted by Gasteiger charge is -2.11. The maximum absolute atomic E-state index is 11.9. The monoisotopic (exact) mass is 294 g/mol. The van der Waals surface area contributed by atoms with E-state index in [0.29, 0.717) is 5.56 Å². The Morgan fingerprint density at radius 3 is 2.32 bits per heavy atom. The number of hydrogen-bond donors (Lipinski definition) is 0. The second kappa shape index (κ2) is 6.58. The SMILES string of the molecule is C=Cc1ccc(C(=O)OCOC2Cc3ccccc3C2)cc1. The first-order valence-electron chi connectivity index (χ1n) is 7.34. The van der Waals surface area contributed by atoms with E-state index in [1.807, 2.05) is 24.3 Å². The third-order valence-electron chi connectivity index (χ3n) is 3.89. The van der Waals surface area contributed by atoms with Gasteiger partial charge in [-0.3, -0.25) is 0 Å². The summed E-state index contributed by atoms with van der Waals surface area (Å²) in [6, 6.07) is 15.4. The van der Waals surface area contributed by atoms with E-state index in [2.05, 4.69) is 18.7 Å². The van der Waals surface area contributed by atoms with Crippen molar-refractivity contribution < 1.29 is 14.3 Å². The van der Waals surface area contributed by atoms with Crippen LogP contribution in [0.2, 0.25) is 0 Å². The highest BCUT2D eigenvalue weighted by atomic mass is 16.7. The highest BCUT2D eigenvalue weighted by Gasteiger charge is 2.21. The van der Waals surface area contributed by atoms with Crippen molar-refractivity contribution in [1.82, 2.24) is 0 Å². The molecule has 0 atom stereocenters. The maximum Gasteiger partial charge on any atom is 0.340 e. The van der Waals surface area contributed by atoms with Crippen molar-refractivity contribution in [2.24, 2.45) is 0 Å². The lowest BCUT2D eigenvalue weighted by Crippen LogP contribution is -2.17. The minimum absolute atomic E-state index is 0.0132. The Bertz CT molecular complexity index is 648. The predicted molar refractivity (Wildman–Crippen MR) is 85.5 cm³/mol. The molecule has 3 heteroatoms. The van der Waals surface area contributed by atoms with Gasteiger partial charge < -0.3 is 9.47 Å². The van der Waals surface area contributed by atoms with Gasteiger partial charge in [0.05, 0.1) is 11.7 Å². The first-order chi connectivity index (χ1) is 10.8. The smallest absolute Gasteiger partial charge is 0.340 e. The van der Waals surface area contributed by atoms with Gasteiger partial charge in [-0.05, 0) is 41.7 Å². The standard InChI is InChI=1S/C19H18O3/c1-2-14-7-9-15(10-8-14)19(20)22-13-21-18-11-16-5-3-4-6-17(16)12-18/h2-10,18H,1,11-13H2. The van der Waals surface area contributed by atoms with Crippen molar-refractivity contribution in [3.05, 3.63) is 77.4 Å². The molecule has 0 N–H and O–H groups in total. The molecule has 2 aromatic carbocycles. The highest BCUT2D eigenvalue weighted by molar-refractivity contribution is 5.89. The van der Waals surface area contributed by atoms with Crippen LogP contribution >= 0.6 is 0 Å².